The third-order valence-electron chi connectivity index (χ3n) is 4.21. The molecule has 4 nitrogen and oxygen atoms in total. The van der Waals surface area contributed by atoms with Crippen molar-refractivity contribution < 1.29 is 9.21 Å². The van der Waals surface area contributed by atoms with Crippen molar-refractivity contribution >= 4 is 46.2 Å². The van der Waals surface area contributed by atoms with Gasteiger partial charge in [-0.25, -0.2) is 4.99 Å². The number of rotatable bonds is 4. The first-order chi connectivity index (χ1) is 13.6. The summed E-state index contributed by atoms with van der Waals surface area (Å²) in [5.74, 6) is 1.29. The van der Waals surface area contributed by atoms with E-state index in [9.17, 15) is 4.79 Å². The molecule has 3 aromatic rings. The number of aliphatic imine (C=N–C) groups is 1. The molecule has 1 amide bonds. The minimum atomic E-state index is -0.0633. The Kier molecular flexibility index (Phi) is 5.37. The number of para-hydroxylation sites is 1. The van der Waals surface area contributed by atoms with Crippen LogP contribution < -0.4 is 0 Å². The summed E-state index contributed by atoms with van der Waals surface area (Å²) in [4.78, 5) is 19.6. The van der Waals surface area contributed by atoms with Crippen LogP contribution in [0.2, 0.25) is 5.02 Å². The smallest absolute Gasteiger partial charge is 0.266 e. The molecular formula is C22H17ClN2O2S. The van der Waals surface area contributed by atoms with Gasteiger partial charge in [0.2, 0.25) is 0 Å². The second-order valence-electron chi connectivity index (χ2n) is 6.10. The highest BCUT2D eigenvalue weighted by atomic mass is 35.5. The molecule has 0 saturated carbocycles. The summed E-state index contributed by atoms with van der Waals surface area (Å²) in [5, 5.41) is 1.35. The van der Waals surface area contributed by atoms with Crippen molar-refractivity contribution in [3.05, 3.63) is 82.4 Å². The number of hydrogen-bond donors (Lipinski definition) is 0. The number of halogens is 1. The molecule has 1 saturated heterocycles. The average Bonchev–Trinajstić information content (AvgIpc) is 3.28. The van der Waals surface area contributed by atoms with Gasteiger partial charge in [0, 0.05) is 23.2 Å². The Balaban J connectivity index is 1.60. The van der Waals surface area contributed by atoms with Crippen LogP contribution >= 0.6 is 23.4 Å². The van der Waals surface area contributed by atoms with Gasteiger partial charge in [0.25, 0.3) is 5.91 Å². The molecule has 4 rings (SSSR count). The molecule has 0 unspecified atom stereocenters. The number of amidine groups is 1. The maximum Gasteiger partial charge on any atom is 0.266 e. The van der Waals surface area contributed by atoms with Crippen molar-refractivity contribution in [3.8, 4) is 11.3 Å². The van der Waals surface area contributed by atoms with Crippen LogP contribution in [0.15, 0.2) is 81.0 Å². The van der Waals surface area contributed by atoms with Crippen LogP contribution in [0.4, 0.5) is 5.69 Å². The van der Waals surface area contributed by atoms with E-state index < -0.39 is 0 Å². The number of amides is 1. The van der Waals surface area contributed by atoms with E-state index >= 15 is 0 Å². The lowest BCUT2D eigenvalue weighted by Gasteiger charge is -2.11. The molecule has 1 aromatic heterocycles. The van der Waals surface area contributed by atoms with Gasteiger partial charge in [-0.3, -0.25) is 9.69 Å². The Morgan fingerprint density at radius 3 is 2.54 bits per heavy atom. The first-order valence-corrected chi connectivity index (χ1v) is 10.0. The molecule has 2 aromatic carbocycles. The minimum absolute atomic E-state index is 0.0633. The Morgan fingerprint density at radius 2 is 1.82 bits per heavy atom. The highest BCUT2D eigenvalue weighted by molar-refractivity contribution is 8.18. The number of furan rings is 1. The Labute approximate surface area is 172 Å². The third kappa shape index (κ3) is 3.91. The van der Waals surface area contributed by atoms with Gasteiger partial charge in [0.15, 0.2) is 5.17 Å². The zero-order valence-electron chi connectivity index (χ0n) is 15.1. The number of carbonyl (C=O) groups is 1. The topological polar surface area (TPSA) is 45.8 Å². The van der Waals surface area contributed by atoms with Crippen LogP contribution in [-0.2, 0) is 4.79 Å². The van der Waals surface area contributed by atoms with Gasteiger partial charge in [-0.1, -0.05) is 29.8 Å². The lowest BCUT2D eigenvalue weighted by molar-refractivity contribution is -0.122. The summed E-state index contributed by atoms with van der Waals surface area (Å²) >= 11 is 7.29. The summed E-state index contributed by atoms with van der Waals surface area (Å²) in [6, 6.07) is 20.8. The van der Waals surface area contributed by atoms with Gasteiger partial charge in [-0.2, -0.15) is 0 Å². The summed E-state index contributed by atoms with van der Waals surface area (Å²) in [5.41, 5.74) is 1.75. The molecular weight excluding hydrogens is 392 g/mol. The van der Waals surface area contributed by atoms with Crippen molar-refractivity contribution in [2.24, 2.45) is 4.99 Å². The zero-order chi connectivity index (χ0) is 19.5. The first kappa shape index (κ1) is 18.6. The Bertz CT molecular complexity index is 1060. The molecule has 0 atom stereocenters. The van der Waals surface area contributed by atoms with E-state index in [4.69, 9.17) is 16.0 Å². The standard InChI is InChI=1S/C22H17ClN2O2S/c1-2-25-21(26)20(28-22(25)24-17-6-4-3-5-7-17)14-18-12-13-19(27-18)15-8-10-16(23)11-9-15/h3-14H,2H2,1H3/b20-14+,24-22?. The quantitative estimate of drug-likeness (QED) is 0.481. The fourth-order valence-electron chi connectivity index (χ4n) is 2.81. The van der Waals surface area contributed by atoms with Crippen LogP contribution in [0, 0.1) is 0 Å². The van der Waals surface area contributed by atoms with Crippen molar-refractivity contribution in [3.63, 3.8) is 0 Å². The fourth-order valence-corrected chi connectivity index (χ4v) is 3.98. The fraction of sp³-hybridized carbons (Fsp3) is 0.0909. The van der Waals surface area contributed by atoms with E-state index in [2.05, 4.69) is 4.99 Å². The predicted molar refractivity (Wildman–Crippen MR) is 116 cm³/mol. The van der Waals surface area contributed by atoms with Crippen LogP contribution in [0.5, 0.6) is 0 Å². The van der Waals surface area contributed by atoms with Gasteiger partial charge in [-0.05, 0) is 67.2 Å². The number of carbonyl (C=O) groups excluding carboxylic acids is 1. The summed E-state index contributed by atoms with van der Waals surface area (Å²) in [7, 11) is 0. The lowest BCUT2D eigenvalue weighted by atomic mass is 10.2. The number of thioether (sulfide) groups is 1. The van der Waals surface area contributed by atoms with E-state index in [1.807, 2.05) is 73.7 Å². The van der Waals surface area contributed by atoms with Crippen molar-refractivity contribution in [1.29, 1.82) is 0 Å². The highest BCUT2D eigenvalue weighted by Crippen LogP contribution is 2.34. The first-order valence-electron chi connectivity index (χ1n) is 8.85. The van der Waals surface area contributed by atoms with E-state index in [1.165, 1.54) is 11.8 Å². The van der Waals surface area contributed by atoms with Gasteiger partial charge in [0.1, 0.15) is 11.5 Å². The van der Waals surface area contributed by atoms with Crippen LogP contribution in [0.3, 0.4) is 0 Å². The van der Waals surface area contributed by atoms with E-state index in [0.29, 0.717) is 27.4 Å². The van der Waals surface area contributed by atoms with E-state index in [-0.39, 0.29) is 5.91 Å². The molecule has 2 heterocycles. The monoisotopic (exact) mass is 408 g/mol. The third-order valence-corrected chi connectivity index (χ3v) is 5.47. The molecule has 0 N–H and O–H groups in total. The number of hydrogen-bond acceptors (Lipinski definition) is 4. The van der Waals surface area contributed by atoms with Crippen molar-refractivity contribution in [2.75, 3.05) is 6.54 Å². The maximum atomic E-state index is 12.8. The molecule has 0 spiro atoms. The molecule has 0 radical (unpaired) electrons. The van der Waals surface area contributed by atoms with Gasteiger partial charge < -0.3 is 4.42 Å². The van der Waals surface area contributed by atoms with Crippen molar-refractivity contribution in [2.45, 2.75) is 6.92 Å². The van der Waals surface area contributed by atoms with E-state index in [0.717, 1.165) is 17.0 Å². The molecule has 28 heavy (non-hydrogen) atoms. The molecule has 1 aliphatic heterocycles. The van der Waals surface area contributed by atoms with E-state index in [1.54, 1.807) is 11.0 Å². The minimum Gasteiger partial charge on any atom is -0.457 e. The summed E-state index contributed by atoms with van der Waals surface area (Å²) < 4.78 is 5.90. The molecule has 1 aliphatic rings. The van der Waals surface area contributed by atoms with Crippen LogP contribution in [0.1, 0.15) is 12.7 Å². The van der Waals surface area contributed by atoms with Gasteiger partial charge >= 0.3 is 0 Å². The van der Waals surface area contributed by atoms with Gasteiger partial charge in [0.05, 0.1) is 10.6 Å². The predicted octanol–water partition coefficient (Wildman–Crippen LogP) is 6.22. The Hall–Kier alpha value is -2.76. The molecule has 6 heteroatoms. The number of benzene rings is 2. The van der Waals surface area contributed by atoms with Gasteiger partial charge in [-0.15, -0.1) is 0 Å². The highest BCUT2D eigenvalue weighted by Gasteiger charge is 2.32. The SMILES string of the molecule is CCN1C(=O)/C(=C\c2ccc(-c3ccc(Cl)cc3)o2)SC1=Nc1ccccc1. The maximum absolute atomic E-state index is 12.8. The lowest BCUT2D eigenvalue weighted by Crippen LogP contribution is -2.28. The molecule has 0 aliphatic carbocycles. The summed E-state index contributed by atoms with van der Waals surface area (Å²) in [6.07, 6.45) is 1.77. The Morgan fingerprint density at radius 1 is 1.07 bits per heavy atom. The van der Waals surface area contributed by atoms with Crippen LogP contribution in [0.25, 0.3) is 17.4 Å². The molecule has 0 bridgehead atoms. The van der Waals surface area contributed by atoms with Crippen molar-refractivity contribution in [1.82, 2.24) is 4.90 Å². The average molecular weight is 409 g/mol. The summed E-state index contributed by atoms with van der Waals surface area (Å²) in [6.45, 7) is 2.50. The molecule has 140 valence electrons. The second kappa shape index (κ2) is 8.09. The zero-order valence-corrected chi connectivity index (χ0v) is 16.7. The molecule has 1 fully saturated rings. The largest absolute Gasteiger partial charge is 0.457 e. The number of likely N-dealkylation sites (N-methyl/N-ethyl adjacent to an activating group) is 1. The van der Waals surface area contributed by atoms with Crippen LogP contribution in [-0.4, -0.2) is 22.5 Å². The normalized spacial score (nSPS) is 17.1. The number of nitrogens with zero attached hydrogens (tertiary/aromatic N) is 2. The second-order valence-corrected chi connectivity index (χ2v) is 7.54.